The van der Waals surface area contributed by atoms with Gasteiger partial charge in [-0.2, -0.15) is 0 Å². The van der Waals surface area contributed by atoms with Crippen LogP contribution < -0.4 is 0 Å². The molecule has 1 N–H and O–H groups in total. The molecule has 3 heteroatoms. The lowest BCUT2D eigenvalue weighted by Crippen LogP contribution is -2.34. The zero-order chi connectivity index (χ0) is 15.7. The van der Waals surface area contributed by atoms with Gasteiger partial charge in [0, 0.05) is 6.42 Å². The summed E-state index contributed by atoms with van der Waals surface area (Å²) < 4.78 is 5.40. The Morgan fingerprint density at radius 3 is 2.86 bits per heavy atom. The van der Waals surface area contributed by atoms with Gasteiger partial charge in [-0.15, -0.1) is 0 Å². The minimum atomic E-state index is -0.513. The Hall–Kier alpha value is -1.09. The summed E-state index contributed by atoms with van der Waals surface area (Å²) >= 11 is 0. The van der Waals surface area contributed by atoms with Crippen LogP contribution in [0.2, 0.25) is 0 Å². The van der Waals surface area contributed by atoms with Crippen molar-refractivity contribution in [3.05, 3.63) is 23.8 Å². The summed E-state index contributed by atoms with van der Waals surface area (Å²) in [6.45, 7) is 4.60. The first-order valence-electron chi connectivity index (χ1n) is 8.80. The van der Waals surface area contributed by atoms with Crippen molar-refractivity contribution in [1.29, 1.82) is 0 Å². The van der Waals surface area contributed by atoms with E-state index >= 15 is 0 Å². The summed E-state index contributed by atoms with van der Waals surface area (Å²) in [4.78, 5) is 11.5. The molecule has 0 saturated carbocycles. The number of carbonyl (C=O) groups excluding carboxylic acids is 1. The topological polar surface area (TPSA) is 46.5 Å². The van der Waals surface area contributed by atoms with Crippen LogP contribution in [0.5, 0.6) is 0 Å². The molecule has 1 fully saturated rings. The van der Waals surface area contributed by atoms with Gasteiger partial charge in [-0.1, -0.05) is 32.1 Å². The van der Waals surface area contributed by atoms with Crippen LogP contribution in [-0.2, 0) is 9.53 Å². The highest BCUT2D eigenvalue weighted by atomic mass is 16.5. The van der Waals surface area contributed by atoms with Crippen molar-refractivity contribution in [3.8, 4) is 0 Å². The summed E-state index contributed by atoms with van der Waals surface area (Å²) in [6.07, 6.45) is 11.8. The second kappa shape index (κ2) is 6.57. The standard InChI is InChI=1S/C19H28O3/c1-12-3-7-18-14(9-12)5-4-13(2)17(18)8-6-16-10-15(20)11-19(21)22-16/h4-5,9,12-13,15-18,20H,3,6-8,10-11H2,1-2H3/t12-,13+,15+,16+,17+,18+/m1/s1. The van der Waals surface area contributed by atoms with Gasteiger partial charge in [0.1, 0.15) is 6.10 Å². The number of allylic oxidation sites excluding steroid dienone is 4. The van der Waals surface area contributed by atoms with Crippen LogP contribution in [0, 0.1) is 23.7 Å². The van der Waals surface area contributed by atoms with E-state index in [-0.39, 0.29) is 18.5 Å². The zero-order valence-electron chi connectivity index (χ0n) is 13.7. The predicted molar refractivity (Wildman–Crippen MR) is 86.1 cm³/mol. The number of hydrogen-bond donors (Lipinski definition) is 1. The molecular weight excluding hydrogens is 276 g/mol. The number of aliphatic hydroxyl groups excluding tert-OH is 1. The van der Waals surface area contributed by atoms with Gasteiger partial charge < -0.3 is 9.84 Å². The Labute approximate surface area is 133 Å². The van der Waals surface area contributed by atoms with E-state index in [9.17, 15) is 9.90 Å². The fraction of sp³-hybridized carbons (Fsp3) is 0.737. The highest BCUT2D eigenvalue weighted by molar-refractivity contribution is 5.70. The van der Waals surface area contributed by atoms with Gasteiger partial charge in [-0.05, 0) is 54.9 Å². The highest BCUT2D eigenvalue weighted by Crippen LogP contribution is 2.43. The summed E-state index contributed by atoms with van der Waals surface area (Å²) in [7, 11) is 0. The van der Waals surface area contributed by atoms with Gasteiger partial charge in [-0.25, -0.2) is 0 Å². The molecule has 3 nitrogen and oxygen atoms in total. The smallest absolute Gasteiger partial charge is 0.308 e. The molecular formula is C19H28O3. The van der Waals surface area contributed by atoms with Crippen molar-refractivity contribution in [1.82, 2.24) is 0 Å². The normalized spacial score (nSPS) is 41.6. The van der Waals surface area contributed by atoms with Crippen LogP contribution in [0.1, 0.15) is 52.4 Å². The van der Waals surface area contributed by atoms with Crippen LogP contribution in [0.15, 0.2) is 23.8 Å². The molecule has 122 valence electrons. The van der Waals surface area contributed by atoms with Crippen molar-refractivity contribution >= 4 is 5.97 Å². The predicted octanol–water partition coefficient (Wildman–Crippen LogP) is 3.63. The molecule has 3 aliphatic rings. The molecule has 0 radical (unpaired) electrons. The maximum atomic E-state index is 11.5. The third-order valence-corrected chi connectivity index (χ3v) is 5.68. The van der Waals surface area contributed by atoms with Crippen LogP contribution in [0.3, 0.4) is 0 Å². The van der Waals surface area contributed by atoms with Crippen LogP contribution >= 0.6 is 0 Å². The van der Waals surface area contributed by atoms with Crippen molar-refractivity contribution in [2.45, 2.75) is 64.6 Å². The number of fused-ring (bicyclic) bond motifs is 1. The molecule has 1 heterocycles. The third-order valence-electron chi connectivity index (χ3n) is 5.68. The monoisotopic (exact) mass is 304 g/mol. The minimum Gasteiger partial charge on any atom is -0.462 e. The first kappa shape index (κ1) is 15.8. The second-order valence-corrected chi connectivity index (χ2v) is 7.49. The van der Waals surface area contributed by atoms with E-state index in [2.05, 4.69) is 32.1 Å². The van der Waals surface area contributed by atoms with Crippen molar-refractivity contribution in [2.24, 2.45) is 23.7 Å². The average Bonchev–Trinajstić information content (AvgIpc) is 2.45. The molecule has 22 heavy (non-hydrogen) atoms. The lowest BCUT2D eigenvalue weighted by Gasteiger charge is -2.39. The number of ether oxygens (including phenoxy) is 1. The van der Waals surface area contributed by atoms with Gasteiger partial charge in [0.2, 0.25) is 0 Å². The molecule has 2 aliphatic carbocycles. The summed E-state index contributed by atoms with van der Waals surface area (Å²) in [5.41, 5.74) is 1.52. The summed E-state index contributed by atoms with van der Waals surface area (Å²) in [5, 5.41) is 9.73. The van der Waals surface area contributed by atoms with Gasteiger partial charge in [0.05, 0.1) is 12.5 Å². The number of esters is 1. The molecule has 0 amide bonds. The summed E-state index contributed by atoms with van der Waals surface area (Å²) in [5.74, 6) is 2.34. The van der Waals surface area contributed by atoms with Crippen molar-refractivity contribution < 1.29 is 14.6 Å². The molecule has 3 rings (SSSR count). The maximum absolute atomic E-state index is 11.5. The fourth-order valence-corrected chi connectivity index (χ4v) is 4.44. The Bertz CT molecular complexity index is 479. The van der Waals surface area contributed by atoms with Crippen LogP contribution in [0.4, 0.5) is 0 Å². The minimum absolute atomic E-state index is 0.0932. The Morgan fingerprint density at radius 1 is 1.27 bits per heavy atom. The molecule has 0 bridgehead atoms. The highest BCUT2D eigenvalue weighted by Gasteiger charge is 2.34. The van der Waals surface area contributed by atoms with Gasteiger partial charge in [-0.3, -0.25) is 4.79 Å². The molecule has 1 aliphatic heterocycles. The Kier molecular flexibility index (Phi) is 4.72. The SMILES string of the molecule is C[C@H]1C=C2C=C[C@H](C)[C@H](CC[C@H]3C[C@H](O)CC(=O)O3)[C@H]2CC1. The van der Waals surface area contributed by atoms with E-state index in [1.165, 1.54) is 18.4 Å². The largest absolute Gasteiger partial charge is 0.462 e. The van der Waals surface area contributed by atoms with Gasteiger partial charge >= 0.3 is 5.97 Å². The molecule has 0 aromatic carbocycles. The van der Waals surface area contributed by atoms with E-state index < -0.39 is 6.10 Å². The van der Waals surface area contributed by atoms with Crippen molar-refractivity contribution in [2.75, 3.05) is 0 Å². The Morgan fingerprint density at radius 2 is 2.09 bits per heavy atom. The maximum Gasteiger partial charge on any atom is 0.308 e. The molecule has 6 atom stereocenters. The first-order valence-corrected chi connectivity index (χ1v) is 8.80. The van der Waals surface area contributed by atoms with Crippen molar-refractivity contribution in [3.63, 3.8) is 0 Å². The third kappa shape index (κ3) is 3.45. The van der Waals surface area contributed by atoms with E-state index in [0.717, 1.165) is 12.8 Å². The average molecular weight is 304 g/mol. The number of rotatable bonds is 3. The van der Waals surface area contributed by atoms with Crippen LogP contribution in [0.25, 0.3) is 0 Å². The van der Waals surface area contributed by atoms with E-state index in [0.29, 0.717) is 30.1 Å². The molecule has 0 aromatic rings. The fourth-order valence-electron chi connectivity index (χ4n) is 4.44. The molecule has 0 spiro atoms. The second-order valence-electron chi connectivity index (χ2n) is 7.49. The quantitative estimate of drug-likeness (QED) is 0.810. The van der Waals surface area contributed by atoms with E-state index in [1.54, 1.807) is 0 Å². The van der Waals surface area contributed by atoms with E-state index in [4.69, 9.17) is 4.74 Å². The van der Waals surface area contributed by atoms with Gasteiger partial charge in [0.25, 0.3) is 0 Å². The van der Waals surface area contributed by atoms with Gasteiger partial charge in [0.15, 0.2) is 0 Å². The first-order chi connectivity index (χ1) is 10.5. The number of carbonyl (C=O) groups is 1. The zero-order valence-corrected chi connectivity index (χ0v) is 13.7. The molecule has 0 unspecified atom stereocenters. The Balaban J connectivity index is 1.63. The van der Waals surface area contributed by atoms with E-state index in [1.807, 2.05) is 0 Å². The number of hydrogen-bond acceptors (Lipinski definition) is 3. The lowest BCUT2D eigenvalue weighted by atomic mass is 9.66. The molecule has 0 aromatic heterocycles. The number of cyclic esters (lactones) is 1. The molecule has 1 saturated heterocycles. The number of aliphatic hydroxyl groups is 1. The lowest BCUT2D eigenvalue weighted by molar-refractivity contribution is -0.160. The van der Waals surface area contributed by atoms with Crippen LogP contribution in [-0.4, -0.2) is 23.3 Å². The summed E-state index contributed by atoms with van der Waals surface area (Å²) in [6, 6.07) is 0.